The summed E-state index contributed by atoms with van der Waals surface area (Å²) in [5, 5.41) is 1.23. The van der Waals surface area contributed by atoms with Gasteiger partial charge in [0.25, 0.3) is 0 Å². The van der Waals surface area contributed by atoms with E-state index in [1.54, 1.807) is 0 Å². The Bertz CT molecular complexity index is 418. The highest BCUT2D eigenvalue weighted by atomic mass is 14.7. The van der Waals surface area contributed by atoms with E-state index in [-0.39, 0.29) is 0 Å². The normalized spacial score (nSPS) is 10.0. The predicted molar refractivity (Wildman–Crippen MR) is 50.6 cm³/mol. The second-order valence-corrected chi connectivity index (χ2v) is 2.71. The number of fused-ring (bicyclic) bond motifs is 1. The number of hydrogen-bond donors (Lipinski definition) is 0. The van der Waals surface area contributed by atoms with Crippen LogP contribution in [-0.2, 0) is 0 Å². The lowest BCUT2D eigenvalue weighted by atomic mass is 10.2. The first-order valence-corrected chi connectivity index (χ1v) is 3.93. The fraction of sp³-hybridized carbons (Fsp3) is 0. The molecular weight excluding hydrogens is 146 g/mol. The van der Waals surface area contributed by atoms with Crippen molar-refractivity contribution in [2.45, 2.75) is 0 Å². The van der Waals surface area contributed by atoms with Crippen molar-refractivity contribution in [3.63, 3.8) is 0 Å². The van der Waals surface area contributed by atoms with Gasteiger partial charge in [0, 0.05) is 23.6 Å². The van der Waals surface area contributed by atoms with E-state index in [0.717, 1.165) is 11.2 Å². The quantitative estimate of drug-likeness (QED) is 0.601. The van der Waals surface area contributed by atoms with Crippen LogP contribution in [0, 0.1) is 0 Å². The summed E-state index contributed by atoms with van der Waals surface area (Å²) in [7, 11) is 0. The molecule has 2 rings (SSSR count). The van der Waals surface area contributed by atoms with Crippen molar-refractivity contribution < 1.29 is 4.98 Å². The number of aromatic nitrogens is 1. The molecular formula is C11H10N+. The molecule has 1 N–H and O–H groups in total. The van der Waals surface area contributed by atoms with Gasteiger partial charge in [-0.15, -0.1) is 0 Å². The lowest BCUT2D eigenvalue weighted by Crippen LogP contribution is -2.07. The maximum absolute atomic E-state index is 3.71. The summed E-state index contributed by atoms with van der Waals surface area (Å²) < 4.78 is 0. The van der Waals surface area contributed by atoms with E-state index in [0.29, 0.717) is 0 Å². The van der Waals surface area contributed by atoms with Gasteiger partial charge in [-0.25, -0.2) is 4.98 Å². The van der Waals surface area contributed by atoms with Crippen LogP contribution in [0.4, 0.5) is 0 Å². The Kier molecular flexibility index (Phi) is 1.63. The summed E-state index contributed by atoms with van der Waals surface area (Å²) in [6.07, 6.45) is 1.81. The van der Waals surface area contributed by atoms with Gasteiger partial charge < -0.3 is 0 Å². The molecule has 0 saturated carbocycles. The van der Waals surface area contributed by atoms with Crippen molar-refractivity contribution in [1.82, 2.24) is 0 Å². The summed E-state index contributed by atoms with van der Waals surface area (Å²) in [4.78, 5) is 3.26. The molecule has 0 aliphatic heterocycles. The van der Waals surface area contributed by atoms with E-state index in [9.17, 15) is 0 Å². The molecule has 58 valence electrons. The van der Waals surface area contributed by atoms with Gasteiger partial charge >= 0.3 is 0 Å². The first-order valence-electron chi connectivity index (χ1n) is 3.93. The highest BCUT2D eigenvalue weighted by Gasteiger charge is 1.99. The summed E-state index contributed by atoms with van der Waals surface area (Å²) in [5.41, 5.74) is 2.20. The number of benzene rings is 1. The molecule has 2 aromatic rings. The van der Waals surface area contributed by atoms with E-state index in [4.69, 9.17) is 0 Å². The molecule has 0 atom stereocenters. The van der Waals surface area contributed by atoms with Crippen LogP contribution >= 0.6 is 0 Å². The third-order valence-corrected chi connectivity index (χ3v) is 1.90. The Labute approximate surface area is 71.4 Å². The van der Waals surface area contributed by atoms with Crippen molar-refractivity contribution in [2.24, 2.45) is 0 Å². The topological polar surface area (TPSA) is 14.1 Å². The fourth-order valence-corrected chi connectivity index (χ4v) is 1.25. The van der Waals surface area contributed by atoms with Gasteiger partial charge in [-0.1, -0.05) is 18.7 Å². The molecule has 12 heavy (non-hydrogen) atoms. The van der Waals surface area contributed by atoms with Gasteiger partial charge in [-0.3, -0.25) is 0 Å². The Balaban J connectivity index is 2.75. The minimum atomic E-state index is 1.05. The van der Waals surface area contributed by atoms with Crippen LogP contribution in [-0.4, -0.2) is 0 Å². The monoisotopic (exact) mass is 156 g/mol. The Morgan fingerprint density at radius 2 is 1.92 bits per heavy atom. The summed E-state index contributed by atoms with van der Waals surface area (Å²) in [6.45, 7) is 3.71. The number of rotatable bonds is 1. The smallest absolute Gasteiger partial charge is 0.205 e. The van der Waals surface area contributed by atoms with Crippen molar-refractivity contribution in [1.29, 1.82) is 0 Å². The van der Waals surface area contributed by atoms with Crippen LogP contribution in [0.5, 0.6) is 0 Å². The second kappa shape index (κ2) is 2.78. The van der Waals surface area contributed by atoms with Crippen molar-refractivity contribution in [3.8, 4) is 0 Å². The van der Waals surface area contributed by atoms with Crippen LogP contribution in [0.2, 0.25) is 0 Å². The number of pyridine rings is 1. The molecule has 0 amide bonds. The largest absolute Gasteiger partial charge is 0.211 e. The average Bonchev–Trinajstić information content (AvgIpc) is 2.17. The van der Waals surface area contributed by atoms with Crippen LogP contribution in [0.3, 0.4) is 0 Å². The minimum Gasteiger partial charge on any atom is -0.205 e. The van der Waals surface area contributed by atoms with Gasteiger partial charge in [0.1, 0.15) is 0 Å². The van der Waals surface area contributed by atoms with E-state index in [1.165, 1.54) is 5.39 Å². The van der Waals surface area contributed by atoms with Gasteiger partial charge in [-0.2, -0.15) is 0 Å². The third-order valence-electron chi connectivity index (χ3n) is 1.90. The molecule has 0 bridgehead atoms. The maximum atomic E-state index is 3.71. The van der Waals surface area contributed by atoms with Gasteiger partial charge in [-0.05, 0) is 12.1 Å². The van der Waals surface area contributed by atoms with Gasteiger partial charge in [0.2, 0.25) is 11.2 Å². The predicted octanol–water partition coefficient (Wildman–Crippen LogP) is 2.30. The van der Waals surface area contributed by atoms with E-state index in [1.807, 2.05) is 24.3 Å². The standard InChI is InChI=1S/C11H9N/c1-2-10-8-7-9-5-3-4-6-11(9)12-10/h2-8H,1H2/p+1. The average molecular weight is 156 g/mol. The zero-order valence-electron chi connectivity index (χ0n) is 6.75. The molecule has 0 radical (unpaired) electrons. The Morgan fingerprint density at radius 1 is 1.08 bits per heavy atom. The van der Waals surface area contributed by atoms with E-state index < -0.39 is 0 Å². The first kappa shape index (κ1) is 7.04. The van der Waals surface area contributed by atoms with Crippen LogP contribution in [0.25, 0.3) is 17.0 Å². The number of aromatic amines is 1. The molecule has 1 aromatic carbocycles. The molecule has 0 fully saturated rings. The number of nitrogens with one attached hydrogen (secondary N) is 1. The maximum Gasteiger partial charge on any atom is 0.211 e. The Hall–Kier alpha value is -1.63. The molecule has 0 aliphatic carbocycles. The zero-order chi connectivity index (χ0) is 8.39. The molecule has 0 spiro atoms. The second-order valence-electron chi connectivity index (χ2n) is 2.71. The van der Waals surface area contributed by atoms with Crippen LogP contribution in [0.15, 0.2) is 43.0 Å². The summed E-state index contributed by atoms with van der Waals surface area (Å²) >= 11 is 0. The highest BCUT2D eigenvalue weighted by Crippen LogP contribution is 2.07. The van der Waals surface area contributed by atoms with Gasteiger partial charge in [0.15, 0.2) is 0 Å². The minimum absolute atomic E-state index is 1.05. The van der Waals surface area contributed by atoms with Crippen molar-refractivity contribution in [3.05, 3.63) is 48.7 Å². The summed E-state index contributed by atoms with van der Waals surface area (Å²) in [6, 6.07) is 12.3. The first-order chi connectivity index (χ1) is 5.90. The molecule has 0 saturated heterocycles. The number of H-pyrrole nitrogens is 1. The summed E-state index contributed by atoms with van der Waals surface area (Å²) in [5.74, 6) is 0. The number of hydrogen-bond acceptors (Lipinski definition) is 0. The van der Waals surface area contributed by atoms with Crippen molar-refractivity contribution in [2.75, 3.05) is 0 Å². The fourth-order valence-electron chi connectivity index (χ4n) is 1.25. The molecule has 0 aliphatic rings. The van der Waals surface area contributed by atoms with Gasteiger partial charge in [0.05, 0.1) is 0 Å². The molecule has 1 aromatic heterocycles. The Morgan fingerprint density at radius 3 is 2.75 bits per heavy atom. The number of para-hydroxylation sites is 1. The van der Waals surface area contributed by atoms with Crippen LogP contribution in [0.1, 0.15) is 5.69 Å². The molecule has 1 nitrogen and oxygen atoms in total. The van der Waals surface area contributed by atoms with E-state index >= 15 is 0 Å². The van der Waals surface area contributed by atoms with E-state index in [2.05, 4.69) is 29.8 Å². The molecule has 1 heteroatoms. The SMILES string of the molecule is C=Cc1ccc2ccccc2[nH+]1. The van der Waals surface area contributed by atoms with Crippen LogP contribution < -0.4 is 4.98 Å². The highest BCUT2D eigenvalue weighted by molar-refractivity contribution is 5.75. The zero-order valence-corrected chi connectivity index (χ0v) is 6.75. The third kappa shape index (κ3) is 1.10. The van der Waals surface area contributed by atoms with Crippen molar-refractivity contribution >= 4 is 17.0 Å². The molecule has 1 heterocycles. The molecule has 0 unspecified atom stereocenters. The lowest BCUT2D eigenvalue weighted by molar-refractivity contribution is -0.347. The lowest BCUT2D eigenvalue weighted by Gasteiger charge is -1.90.